The van der Waals surface area contributed by atoms with Gasteiger partial charge in [-0.1, -0.05) is 25.1 Å². The molecule has 0 aliphatic carbocycles. The van der Waals surface area contributed by atoms with Gasteiger partial charge in [0.15, 0.2) is 5.96 Å². The molecule has 0 saturated carbocycles. The second-order valence-corrected chi connectivity index (χ2v) is 4.95. The highest BCUT2D eigenvalue weighted by Gasteiger charge is 2.46. The fourth-order valence-electron chi connectivity index (χ4n) is 3.04. The van der Waals surface area contributed by atoms with Gasteiger partial charge in [0.05, 0.1) is 18.7 Å². The van der Waals surface area contributed by atoms with Gasteiger partial charge in [-0.3, -0.25) is 4.99 Å². The summed E-state index contributed by atoms with van der Waals surface area (Å²) in [5.41, 5.74) is 7.22. The summed E-state index contributed by atoms with van der Waals surface area (Å²) < 4.78 is 5.75. The van der Waals surface area contributed by atoms with Gasteiger partial charge in [-0.05, 0) is 12.5 Å². The third kappa shape index (κ3) is 1.48. The number of nitrogens with zero attached hydrogens (tertiary/aromatic N) is 2. The van der Waals surface area contributed by atoms with E-state index < -0.39 is 0 Å². The lowest BCUT2D eigenvalue weighted by molar-refractivity contribution is 0.121. The van der Waals surface area contributed by atoms with E-state index in [-0.39, 0.29) is 5.54 Å². The molecule has 4 heteroatoms. The minimum Gasteiger partial charge on any atom is -0.493 e. The maximum absolute atomic E-state index is 6.06. The van der Waals surface area contributed by atoms with Crippen LogP contribution in [0.3, 0.4) is 0 Å². The third-order valence-corrected chi connectivity index (χ3v) is 3.90. The lowest BCUT2D eigenvalue weighted by Crippen LogP contribution is -2.51. The molecule has 1 spiro atoms. The monoisotopic (exact) mass is 245 g/mol. The van der Waals surface area contributed by atoms with E-state index in [2.05, 4.69) is 28.9 Å². The number of rotatable bonds is 2. The molecular formula is C14H19N3O. The molecule has 18 heavy (non-hydrogen) atoms. The van der Waals surface area contributed by atoms with Gasteiger partial charge in [0.25, 0.3) is 0 Å². The van der Waals surface area contributed by atoms with Gasteiger partial charge in [-0.25, -0.2) is 0 Å². The van der Waals surface area contributed by atoms with E-state index in [9.17, 15) is 0 Å². The zero-order chi connectivity index (χ0) is 12.6. The summed E-state index contributed by atoms with van der Waals surface area (Å²) in [4.78, 5) is 6.74. The minimum atomic E-state index is -0.0745. The van der Waals surface area contributed by atoms with E-state index in [0.29, 0.717) is 5.96 Å². The van der Waals surface area contributed by atoms with Gasteiger partial charge in [0.2, 0.25) is 0 Å². The molecule has 4 nitrogen and oxygen atoms in total. The number of hydrogen-bond donors (Lipinski definition) is 1. The van der Waals surface area contributed by atoms with Crippen LogP contribution in [0.25, 0.3) is 0 Å². The maximum atomic E-state index is 6.06. The molecule has 0 radical (unpaired) electrons. The van der Waals surface area contributed by atoms with E-state index in [1.165, 1.54) is 5.56 Å². The van der Waals surface area contributed by atoms with E-state index in [0.717, 1.165) is 38.3 Å². The first-order valence-corrected chi connectivity index (χ1v) is 6.58. The second-order valence-electron chi connectivity index (χ2n) is 4.95. The Bertz CT molecular complexity index is 486. The van der Waals surface area contributed by atoms with Crippen LogP contribution in [0.5, 0.6) is 5.75 Å². The first-order valence-electron chi connectivity index (χ1n) is 6.58. The van der Waals surface area contributed by atoms with Crippen molar-refractivity contribution in [1.82, 2.24) is 4.90 Å². The molecule has 1 atom stereocenters. The van der Waals surface area contributed by atoms with Crippen molar-refractivity contribution in [1.29, 1.82) is 0 Å². The molecule has 96 valence electrons. The molecule has 1 unspecified atom stereocenters. The number of hydrogen-bond acceptors (Lipinski definition) is 4. The summed E-state index contributed by atoms with van der Waals surface area (Å²) in [5, 5.41) is 0. The van der Waals surface area contributed by atoms with Crippen molar-refractivity contribution < 1.29 is 4.74 Å². The third-order valence-electron chi connectivity index (χ3n) is 3.90. The van der Waals surface area contributed by atoms with Crippen LogP contribution in [0.1, 0.15) is 25.3 Å². The topological polar surface area (TPSA) is 50.8 Å². The van der Waals surface area contributed by atoms with Gasteiger partial charge in [-0.15, -0.1) is 0 Å². The Morgan fingerprint density at radius 1 is 1.44 bits per heavy atom. The smallest absolute Gasteiger partial charge is 0.192 e. The molecule has 2 N–H and O–H groups in total. The molecule has 2 heterocycles. The first-order chi connectivity index (χ1) is 8.78. The highest BCUT2D eigenvalue weighted by atomic mass is 16.5. The Morgan fingerprint density at radius 2 is 2.28 bits per heavy atom. The fourth-order valence-corrected chi connectivity index (χ4v) is 3.04. The summed E-state index contributed by atoms with van der Waals surface area (Å²) in [6.45, 7) is 4.60. The average molecular weight is 245 g/mol. The van der Waals surface area contributed by atoms with Crippen LogP contribution in [-0.2, 0) is 5.54 Å². The van der Waals surface area contributed by atoms with Gasteiger partial charge in [-0.2, -0.15) is 0 Å². The SMILES string of the molecule is CCCN1C(N)=NCC12CCOc1ccccc12. The predicted octanol–water partition coefficient (Wildman–Crippen LogP) is 1.70. The highest BCUT2D eigenvalue weighted by Crippen LogP contribution is 2.43. The van der Waals surface area contributed by atoms with Crippen molar-refractivity contribution in [3.8, 4) is 5.75 Å². The quantitative estimate of drug-likeness (QED) is 0.863. The Kier molecular flexibility index (Phi) is 2.65. The first kappa shape index (κ1) is 11.4. The molecule has 0 fully saturated rings. The van der Waals surface area contributed by atoms with Crippen LogP contribution in [0.2, 0.25) is 0 Å². The number of ether oxygens (including phenoxy) is 1. The van der Waals surface area contributed by atoms with Crippen molar-refractivity contribution in [2.75, 3.05) is 19.7 Å². The molecule has 0 saturated heterocycles. The van der Waals surface area contributed by atoms with Crippen molar-refractivity contribution in [2.45, 2.75) is 25.3 Å². The Hall–Kier alpha value is -1.71. The summed E-state index contributed by atoms with van der Waals surface area (Å²) in [7, 11) is 0. The Balaban J connectivity index is 2.06. The molecule has 0 bridgehead atoms. The number of para-hydroxylation sites is 1. The average Bonchev–Trinajstić information content (AvgIpc) is 2.70. The van der Waals surface area contributed by atoms with E-state index >= 15 is 0 Å². The van der Waals surface area contributed by atoms with Crippen LogP contribution in [0.4, 0.5) is 0 Å². The van der Waals surface area contributed by atoms with E-state index in [4.69, 9.17) is 10.5 Å². The number of nitrogens with two attached hydrogens (primary N) is 1. The predicted molar refractivity (Wildman–Crippen MR) is 71.7 cm³/mol. The van der Waals surface area contributed by atoms with E-state index in [1.54, 1.807) is 0 Å². The van der Waals surface area contributed by atoms with Crippen molar-refractivity contribution in [2.24, 2.45) is 10.7 Å². The van der Waals surface area contributed by atoms with Crippen LogP contribution >= 0.6 is 0 Å². The molecule has 0 amide bonds. The maximum Gasteiger partial charge on any atom is 0.192 e. The van der Waals surface area contributed by atoms with Crippen LogP contribution < -0.4 is 10.5 Å². The normalized spacial score (nSPS) is 25.8. The molecule has 2 aliphatic heterocycles. The summed E-state index contributed by atoms with van der Waals surface area (Å²) in [6.07, 6.45) is 2.02. The molecule has 3 rings (SSSR count). The van der Waals surface area contributed by atoms with Crippen molar-refractivity contribution in [3.63, 3.8) is 0 Å². The van der Waals surface area contributed by atoms with Crippen LogP contribution in [0.15, 0.2) is 29.3 Å². The van der Waals surface area contributed by atoms with Crippen LogP contribution in [-0.4, -0.2) is 30.6 Å². The van der Waals surface area contributed by atoms with Crippen LogP contribution in [0, 0.1) is 0 Å². The number of fused-ring (bicyclic) bond motifs is 2. The summed E-state index contributed by atoms with van der Waals surface area (Å²) in [5.74, 6) is 1.66. The largest absolute Gasteiger partial charge is 0.493 e. The number of benzene rings is 1. The van der Waals surface area contributed by atoms with Gasteiger partial charge in [0.1, 0.15) is 5.75 Å². The summed E-state index contributed by atoms with van der Waals surface area (Å²) in [6, 6.07) is 8.26. The standard InChI is InChI=1S/C14H19N3O/c1-2-8-17-13(15)16-10-14(17)7-9-18-12-6-4-3-5-11(12)14/h3-6H,2,7-10H2,1H3,(H2,15,16). The minimum absolute atomic E-state index is 0.0745. The van der Waals surface area contributed by atoms with E-state index in [1.807, 2.05) is 12.1 Å². The zero-order valence-corrected chi connectivity index (χ0v) is 10.7. The van der Waals surface area contributed by atoms with Crippen molar-refractivity contribution >= 4 is 5.96 Å². The van der Waals surface area contributed by atoms with Crippen molar-refractivity contribution in [3.05, 3.63) is 29.8 Å². The number of aliphatic imine (C=N–C) groups is 1. The van der Waals surface area contributed by atoms with Gasteiger partial charge >= 0.3 is 0 Å². The Labute approximate surface area is 107 Å². The van der Waals surface area contributed by atoms with Gasteiger partial charge in [0, 0.05) is 18.5 Å². The Morgan fingerprint density at radius 3 is 3.11 bits per heavy atom. The molecular weight excluding hydrogens is 226 g/mol. The molecule has 1 aromatic rings. The lowest BCUT2D eigenvalue weighted by Gasteiger charge is -2.43. The second kappa shape index (κ2) is 4.19. The fraction of sp³-hybridized carbons (Fsp3) is 0.500. The highest BCUT2D eigenvalue weighted by molar-refractivity contribution is 5.81. The number of guanidine groups is 1. The molecule has 0 aromatic heterocycles. The molecule has 1 aromatic carbocycles. The summed E-state index contributed by atoms with van der Waals surface area (Å²) >= 11 is 0. The zero-order valence-electron chi connectivity index (χ0n) is 10.7. The van der Waals surface area contributed by atoms with Gasteiger partial charge < -0.3 is 15.4 Å². The lowest BCUT2D eigenvalue weighted by atomic mass is 9.83. The molecule has 2 aliphatic rings.